The van der Waals surface area contributed by atoms with Gasteiger partial charge in [0.25, 0.3) is 0 Å². The van der Waals surface area contributed by atoms with Crippen LogP contribution in [0.15, 0.2) is 40.5 Å². The summed E-state index contributed by atoms with van der Waals surface area (Å²) in [6.07, 6.45) is -3.07. The quantitative estimate of drug-likeness (QED) is 0.510. The summed E-state index contributed by atoms with van der Waals surface area (Å²) in [5.41, 5.74) is 2.58. The predicted molar refractivity (Wildman–Crippen MR) is 91.6 cm³/mol. The number of imidazole rings is 1. The minimum Gasteiger partial charge on any atom is -0.484 e. The van der Waals surface area contributed by atoms with Gasteiger partial charge in [-0.1, -0.05) is 6.07 Å². The van der Waals surface area contributed by atoms with E-state index in [0.717, 1.165) is 15.9 Å². The number of rotatable bonds is 5. The second kappa shape index (κ2) is 6.27. The van der Waals surface area contributed by atoms with E-state index in [2.05, 4.69) is 9.97 Å². The van der Waals surface area contributed by atoms with E-state index < -0.39 is 23.6 Å². The van der Waals surface area contributed by atoms with Crippen LogP contribution in [0.25, 0.3) is 11.0 Å². The van der Waals surface area contributed by atoms with E-state index in [1.54, 1.807) is 6.92 Å². The minimum atomic E-state index is -4.42. The lowest BCUT2D eigenvalue weighted by atomic mass is 10.2. The molecule has 0 amide bonds. The van der Waals surface area contributed by atoms with Crippen molar-refractivity contribution in [1.82, 2.24) is 13.9 Å². The molecule has 10 heteroatoms. The Bertz CT molecular complexity index is 1030. The van der Waals surface area contributed by atoms with Crippen molar-refractivity contribution < 1.29 is 22.1 Å². The van der Waals surface area contributed by atoms with E-state index in [-0.39, 0.29) is 11.5 Å². The van der Waals surface area contributed by atoms with Crippen molar-refractivity contribution >= 4 is 33.8 Å². The van der Waals surface area contributed by atoms with Crippen LogP contribution in [0.4, 0.5) is 13.2 Å². The highest BCUT2D eigenvalue weighted by atomic mass is 32.2. The number of nitrogens with zero attached hydrogens (tertiary/aromatic N) is 3. The van der Waals surface area contributed by atoms with Gasteiger partial charge in [0.2, 0.25) is 5.16 Å². The van der Waals surface area contributed by atoms with E-state index in [0.29, 0.717) is 16.4 Å². The average molecular weight is 399 g/mol. The molecule has 1 unspecified atom stereocenters. The first-order valence-electron chi connectivity index (χ1n) is 7.56. The number of benzene rings is 1. The van der Waals surface area contributed by atoms with Gasteiger partial charge >= 0.3 is 6.18 Å². The summed E-state index contributed by atoms with van der Waals surface area (Å²) >= 11 is 1.46. The minimum absolute atomic E-state index is 0.0499. The summed E-state index contributed by atoms with van der Waals surface area (Å²) in [7, 11) is -1.48. The first-order valence-corrected chi connectivity index (χ1v) is 9.65. The molecule has 3 heterocycles. The lowest BCUT2D eigenvalue weighted by molar-refractivity contribution is -0.153. The summed E-state index contributed by atoms with van der Waals surface area (Å²) in [6.45, 7) is 0.225. The summed E-state index contributed by atoms with van der Waals surface area (Å²) in [4.78, 5) is 9.60. The topological polar surface area (TPSA) is 57.0 Å². The Hall–Kier alpha value is -2.07. The molecule has 0 aliphatic carbocycles. The smallest absolute Gasteiger partial charge is 0.422 e. The Labute approximate surface area is 153 Å². The highest BCUT2D eigenvalue weighted by Gasteiger charge is 2.29. The van der Waals surface area contributed by atoms with Crippen LogP contribution in [-0.2, 0) is 16.6 Å². The zero-order chi connectivity index (χ0) is 18.5. The summed E-state index contributed by atoms with van der Waals surface area (Å²) < 4.78 is 56.5. The van der Waals surface area contributed by atoms with Crippen molar-refractivity contribution in [3.05, 3.63) is 41.7 Å². The number of ether oxygens (including phenoxy) is 1. The van der Waals surface area contributed by atoms with Gasteiger partial charge in [0.1, 0.15) is 11.3 Å². The monoisotopic (exact) mass is 399 g/mol. The first kappa shape index (κ1) is 17.3. The van der Waals surface area contributed by atoms with E-state index in [4.69, 9.17) is 4.74 Å². The molecular weight excluding hydrogens is 387 g/mol. The van der Waals surface area contributed by atoms with Crippen LogP contribution in [0.5, 0.6) is 5.75 Å². The van der Waals surface area contributed by atoms with Crippen LogP contribution in [0.1, 0.15) is 11.3 Å². The van der Waals surface area contributed by atoms with Gasteiger partial charge in [0.05, 0.1) is 32.7 Å². The van der Waals surface area contributed by atoms with Crippen molar-refractivity contribution in [2.75, 3.05) is 6.61 Å². The van der Waals surface area contributed by atoms with Gasteiger partial charge in [-0.15, -0.1) is 0 Å². The third-order valence-corrected chi connectivity index (χ3v) is 6.30. The maximum Gasteiger partial charge on any atom is 0.422 e. The number of aromatic nitrogens is 3. The summed E-state index contributed by atoms with van der Waals surface area (Å²) in [5, 5.41) is 0.423. The molecule has 1 atom stereocenters. The van der Waals surface area contributed by atoms with Gasteiger partial charge in [-0.25, -0.2) is 4.98 Å². The zero-order valence-electron chi connectivity index (χ0n) is 13.4. The van der Waals surface area contributed by atoms with Crippen molar-refractivity contribution in [3.63, 3.8) is 0 Å². The summed E-state index contributed by atoms with van der Waals surface area (Å²) in [5.74, 6) is 0.135. The number of pyridine rings is 1. The molecule has 5 nitrogen and oxygen atoms in total. The third kappa shape index (κ3) is 3.07. The Morgan fingerprint density at radius 3 is 2.85 bits per heavy atom. The normalized spacial score (nSPS) is 14.3. The molecule has 1 aliphatic heterocycles. The Balaban J connectivity index is 1.57. The molecule has 1 aromatic carbocycles. The van der Waals surface area contributed by atoms with Gasteiger partial charge < -0.3 is 4.74 Å². The first-order chi connectivity index (χ1) is 12.3. The Kier molecular flexibility index (Phi) is 4.19. The molecule has 0 radical (unpaired) electrons. The highest BCUT2D eigenvalue weighted by Crippen LogP contribution is 2.40. The van der Waals surface area contributed by atoms with Gasteiger partial charge in [0.15, 0.2) is 6.61 Å². The fourth-order valence-corrected chi connectivity index (χ4v) is 5.09. The van der Waals surface area contributed by atoms with Crippen LogP contribution in [0.3, 0.4) is 0 Å². The van der Waals surface area contributed by atoms with Crippen molar-refractivity contribution in [1.29, 1.82) is 0 Å². The van der Waals surface area contributed by atoms with Gasteiger partial charge in [-0.3, -0.25) is 13.2 Å². The molecule has 136 valence electrons. The zero-order valence-corrected chi connectivity index (χ0v) is 15.0. The molecule has 0 N–H and O–H groups in total. The predicted octanol–water partition coefficient (Wildman–Crippen LogP) is 3.86. The van der Waals surface area contributed by atoms with Crippen LogP contribution in [0.2, 0.25) is 0 Å². The van der Waals surface area contributed by atoms with Crippen LogP contribution < -0.4 is 4.74 Å². The molecular formula is C16H12F3N3O2S2. The average Bonchev–Trinajstić information content (AvgIpc) is 3.03. The van der Waals surface area contributed by atoms with Crippen LogP contribution >= 0.6 is 11.9 Å². The van der Waals surface area contributed by atoms with Crippen molar-refractivity contribution in [2.24, 2.45) is 0 Å². The van der Waals surface area contributed by atoms with Gasteiger partial charge in [-0.2, -0.15) is 13.2 Å². The van der Waals surface area contributed by atoms with Crippen molar-refractivity contribution in [3.8, 4) is 5.75 Å². The maximum atomic E-state index is 12.8. The molecule has 4 rings (SSSR count). The second-order valence-corrected chi connectivity index (χ2v) is 8.01. The van der Waals surface area contributed by atoms with E-state index in [9.17, 15) is 17.4 Å². The van der Waals surface area contributed by atoms with E-state index in [1.165, 1.54) is 24.2 Å². The SMILES string of the molecule is Cc1c(OCC(F)(F)F)ccnc1CS(=O)c1nc2c3cccc2n1S3. The lowest BCUT2D eigenvalue weighted by Crippen LogP contribution is -2.20. The van der Waals surface area contributed by atoms with E-state index in [1.807, 2.05) is 22.2 Å². The molecule has 0 fully saturated rings. The molecule has 2 aromatic heterocycles. The van der Waals surface area contributed by atoms with Gasteiger partial charge in [0, 0.05) is 11.8 Å². The summed E-state index contributed by atoms with van der Waals surface area (Å²) in [6, 6.07) is 7.13. The largest absolute Gasteiger partial charge is 0.484 e. The molecule has 26 heavy (non-hydrogen) atoms. The maximum absolute atomic E-state index is 12.8. The van der Waals surface area contributed by atoms with Crippen LogP contribution in [0, 0.1) is 6.92 Å². The molecule has 0 saturated heterocycles. The Morgan fingerprint density at radius 1 is 1.31 bits per heavy atom. The van der Waals surface area contributed by atoms with E-state index >= 15 is 0 Å². The molecule has 0 spiro atoms. The number of halogens is 3. The fourth-order valence-electron chi connectivity index (χ4n) is 2.64. The number of alkyl halides is 3. The molecule has 0 saturated carbocycles. The molecule has 3 aromatic rings. The number of hydrogen-bond donors (Lipinski definition) is 0. The fraction of sp³-hybridized carbons (Fsp3) is 0.250. The Morgan fingerprint density at radius 2 is 2.12 bits per heavy atom. The second-order valence-electron chi connectivity index (χ2n) is 5.68. The third-order valence-electron chi connectivity index (χ3n) is 3.89. The van der Waals surface area contributed by atoms with Crippen molar-refractivity contribution in [2.45, 2.75) is 28.9 Å². The molecule has 4 bridgehead atoms. The molecule has 1 aliphatic rings. The number of para-hydroxylation sites is 1. The number of hydrogen-bond acceptors (Lipinski definition) is 5. The lowest BCUT2D eigenvalue weighted by Gasteiger charge is -2.13. The highest BCUT2D eigenvalue weighted by molar-refractivity contribution is 7.99. The van der Waals surface area contributed by atoms with Crippen LogP contribution in [-0.4, -0.2) is 30.9 Å². The van der Waals surface area contributed by atoms with Gasteiger partial charge in [-0.05, 0) is 37.1 Å². The standard InChI is InChI=1S/C16H12F3N3O2S2/c1-9-10(20-6-5-12(9)24-8-16(17,18)19)7-26(23)15-21-14-11-3-2-4-13(14)25-22(11)15/h2-6H,7-8H2,1H3.